The van der Waals surface area contributed by atoms with Gasteiger partial charge in [0.25, 0.3) is 5.91 Å². The number of esters is 1. The Morgan fingerprint density at radius 3 is 2.78 bits per heavy atom. The van der Waals surface area contributed by atoms with Crippen molar-refractivity contribution in [2.24, 2.45) is 0 Å². The van der Waals surface area contributed by atoms with Gasteiger partial charge in [-0.05, 0) is 43.2 Å². The van der Waals surface area contributed by atoms with Crippen LogP contribution in [0.3, 0.4) is 0 Å². The van der Waals surface area contributed by atoms with E-state index in [-0.39, 0.29) is 11.8 Å². The molecule has 138 valence electrons. The SMILES string of the molecule is COC(=O)c1ccc(C)c(NC(=O)C23CCC(=O)N2c2ccccc2S3)c1. The van der Waals surface area contributed by atoms with E-state index in [1.165, 1.54) is 18.9 Å². The first-order valence-electron chi connectivity index (χ1n) is 8.58. The molecule has 4 rings (SSSR count). The van der Waals surface area contributed by atoms with Crippen LogP contribution in [0.5, 0.6) is 0 Å². The van der Waals surface area contributed by atoms with E-state index in [4.69, 9.17) is 4.74 Å². The van der Waals surface area contributed by atoms with Crippen LogP contribution in [0.4, 0.5) is 11.4 Å². The molecule has 1 fully saturated rings. The third kappa shape index (κ3) is 2.70. The van der Waals surface area contributed by atoms with Gasteiger partial charge in [0, 0.05) is 17.0 Å². The fourth-order valence-corrected chi connectivity index (χ4v) is 4.93. The van der Waals surface area contributed by atoms with Crippen LogP contribution >= 0.6 is 11.8 Å². The van der Waals surface area contributed by atoms with Crippen molar-refractivity contribution in [2.75, 3.05) is 17.3 Å². The lowest BCUT2D eigenvalue weighted by Gasteiger charge is -2.30. The molecule has 27 heavy (non-hydrogen) atoms. The number of fused-ring (bicyclic) bond motifs is 3. The van der Waals surface area contributed by atoms with Crippen molar-refractivity contribution in [3.8, 4) is 0 Å². The monoisotopic (exact) mass is 382 g/mol. The largest absolute Gasteiger partial charge is 0.465 e. The fourth-order valence-electron chi connectivity index (χ4n) is 3.52. The standard InChI is InChI=1S/C20H18N2O4S/c1-12-7-8-13(18(24)26-2)11-14(12)21-19(25)20-10-9-17(23)22(20)15-5-3-4-6-16(15)27-20/h3-8,11H,9-10H2,1-2H3,(H,21,25). The molecule has 2 aliphatic rings. The molecule has 2 aliphatic heterocycles. The minimum Gasteiger partial charge on any atom is -0.465 e. The third-order valence-corrected chi connectivity index (χ3v) is 6.41. The van der Waals surface area contributed by atoms with Crippen LogP contribution in [0.25, 0.3) is 0 Å². The summed E-state index contributed by atoms with van der Waals surface area (Å²) in [6.45, 7) is 1.85. The molecule has 7 heteroatoms. The summed E-state index contributed by atoms with van der Waals surface area (Å²) in [7, 11) is 1.31. The van der Waals surface area contributed by atoms with Crippen molar-refractivity contribution in [1.29, 1.82) is 0 Å². The van der Waals surface area contributed by atoms with Gasteiger partial charge in [0.1, 0.15) is 0 Å². The van der Waals surface area contributed by atoms with Crippen molar-refractivity contribution < 1.29 is 19.1 Å². The average Bonchev–Trinajstić information content (AvgIpc) is 3.18. The second-order valence-corrected chi connectivity index (χ2v) is 7.88. The number of thioether (sulfide) groups is 1. The van der Waals surface area contributed by atoms with Crippen LogP contribution in [0.2, 0.25) is 0 Å². The molecule has 1 unspecified atom stereocenters. The van der Waals surface area contributed by atoms with Crippen LogP contribution in [-0.2, 0) is 14.3 Å². The summed E-state index contributed by atoms with van der Waals surface area (Å²) in [6.07, 6.45) is 0.767. The summed E-state index contributed by atoms with van der Waals surface area (Å²) in [5, 5.41) is 2.93. The summed E-state index contributed by atoms with van der Waals surface area (Å²) in [5.74, 6) is -0.786. The van der Waals surface area contributed by atoms with Gasteiger partial charge in [-0.2, -0.15) is 0 Å². The molecule has 1 atom stereocenters. The number of para-hydroxylation sites is 1. The molecule has 0 saturated carbocycles. The van der Waals surface area contributed by atoms with Crippen molar-refractivity contribution in [1.82, 2.24) is 0 Å². The van der Waals surface area contributed by atoms with Gasteiger partial charge in [0.2, 0.25) is 5.91 Å². The average molecular weight is 382 g/mol. The molecule has 2 aromatic carbocycles. The molecule has 0 radical (unpaired) electrons. The summed E-state index contributed by atoms with van der Waals surface area (Å²) in [4.78, 5) is 39.1. The number of nitrogens with one attached hydrogen (secondary N) is 1. The van der Waals surface area contributed by atoms with E-state index in [0.29, 0.717) is 24.1 Å². The van der Waals surface area contributed by atoms with E-state index in [9.17, 15) is 14.4 Å². The third-order valence-electron chi connectivity index (χ3n) is 4.93. The highest BCUT2D eigenvalue weighted by atomic mass is 32.2. The highest BCUT2D eigenvalue weighted by Crippen LogP contribution is 2.56. The number of aryl methyl sites for hydroxylation is 1. The highest BCUT2D eigenvalue weighted by Gasteiger charge is 2.57. The number of nitrogens with zero attached hydrogens (tertiary/aromatic N) is 1. The van der Waals surface area contributed by atoms with Gasteiger partial charge in [-0.1, -0.05) is 30.0 Å². The maximum Gasteiger partial charge on any atom is 0.337 e. The van der Waals surface area contributed by atoms with E-state index >= 15 is 0 Å². The predicted octanol–water partition coefficient (Wildman–Crippen LogP) is 3.35. The minimum absolute atomic E-state index is 0.0531. The molecule has 2 aromatic rings. The van der Waals surface area contributed by atoms with Gasteiger partial charge in [-0.3, -0.25) is 14.5 Å². The zero-order valence-electron chi connectivity index (χ0n) is 14.9. The number of carbonyl (C=O) groups excluding carboxylic acids is 3. The topological polar surface area (TPSA) is 75.7 Å². The molecule has 0 bridgehead atoms. The van der Waals surface area contributed by atoms with E-state index in [0.717, 1.165) is 16.1 Å². The Morgan fingerprint density at radius 1 is 1.22 bits per heavy atom. The first kappa shape index (κ1) is 17.6. The molecule has 1 saturated heterocycles. The van der Waals surface area contributed by atoms with E-state index < -0.39 is 10.8 Å². The molecule has 2 amide bonds. The minimum atomic E-state index is -0.992. The van der Waals surface area contributed by atoms with E-state index in [2.05, 4.69) is 5.32 Å². The zero-order chi connectivity index (χ0) is 19.2. The first-order valence-corrected chi connectivity index (χ1v) is 9.39. The molecule has 6 nitrogen and oxygen atoms in total. The van der Waals surface area contributed by atoms with Crippen LogP contribution in [0, 0.1) is 6.92 Å². The van der Waals surface area contributed by atoms with E-state index in [1.54, 1.807) is 23.1 Å². The van der Waals surface area contributed by atoms with E-state index in [1.807, 2.05) is 31.2 Å². The lowest BCUT2D eigenvalue weighted by molar-refractivity contribution is -0.121. The summed E-state index contributed by atoms with van der Waals surface area (Å²) >= 11 is 1.41. The quantitative estimate of drug-likeness (QED) is 0.824. The van der Waals surface area contributed by atoms with Gasteiger partial charge in [0.05, 0.1) is 18.4 Å². The smallest absolute Gasteiger partial charge is 0.337 e. The van der Waals surface area contributed by atoms with Gasteiger partial charge in [-0.15, -0.1) is 0 Å². The van der Waals surface area contributed by atoms with Crippen LogP contribution in [0.1, 0.15) is 28.8 Å². The Morgan fingerprint density at radius 2 is 2.00 bits per heavy atom. The van der Waals surface area contributed by atoms with Crippen molar-refractivity contribution in [2.45, 2.75) is 29.5 Å². The van der Waals surface area contributed by atoms with Crippen molar-refractivity contribution in [3.05, 3.63) is 53.6 Å². The molecule has 0 aliphatic carbocycles. The second kappa shape index (κ2) is 6.42. The highest BCUT2D eigenvalue weighted by molar-refractivity contribution is 8.02. The Bertz CT molecular complexity index is 974. The fraction of sp³-hybridized carbons (Fsp3) is 0.250. The Kier molecular flexibility index (Phi) is 4.19. The molecule has 2 heterocycles. The van der Waals surface area contributed by atoms with Crippen molar-refractivity contribution >= 4 is 40.9 Å². The number of methoxy groups -OCH3 is 1. The first-order chi connectivity index (χ1) is 13.0. The van der Waals surface area contributed by atoms with Crippen LogP contribution in [0.15, 0.2) is 47.4 Å². The molecule has 0 spiro atoms. The zero-order valence-corrected chi connectivity index (χ0v) is 15.8. The number of amides is 2. The summed E-state index contributed by atoms with van der Waals surface area (Å²) < 4.78 is 4.75. The van der Waals surface area contributed by atoms with Crippen LogP contribution < -0.4 is 10.2 Å². The Balaban J connectivity index is 1.68. The van der Waals surface area contributed by atoms with Gasteiger partial charge in [-0.25, -0.2) is 4.79 Å². The second-order valence-electron chi connectivity index (χ2n) is 6.56. The van der Waals surface area contributed by atoms with Crippen LogP contribution in [-0.4, -0.2) is 29.8 Å². The number of hydrogen-bond donors (Lipinski definition) is 1. The number of carbonyl (C=O) groups is 3. The number of rotatable bonds is 3. The molecular formula is C20H18N2O4S. The summed E-state index contributed by atoms with van der Waals surface area (Å²) in [5.41, 5.74) is 2.50. The number of benzene rings is 2. The molecular weight excluding hydrogens is 364 g/mol. The number of anilines is 2. The van der Waals surface area contributed by atoms with Crippen molar-refractivity contribution in [3.63, 3.8) is 0 Å². The maximum absolute atomic E-state index is 13.3. The normalized spacial score (nSPS) is 20.2. The van der Waals surface area contributed by atoms with Gasteiger partial charge in [0.15, 0.2) is 4.87 Å². The lowest BCUT2D eigenvalue weighted by atomic mass is 10.1. The number of ether oxygens (including phenoxy) is 1. The van der Waals surface area contributed by atoms with Gasteiger partial charge < -0.3 is 10.1 Å². The lowest BCUT2D eigenvalue weighted by Crippen LogP contribution is -2.49. The summed E-state index contributed by atoms with van der Waals surface area (Å²) in [6, 6.07) is 12.6. The number of hydrogen-bond acceptors (Lipinski definition) is 5. The van der Waals surface area contributed by atoms with Gasteiger partial charge >= 0.3 is 5.97 Å². The maximum atomic E-state index is 13.3. The Labute approximate surface area is 160 Å². The molecule has 1 N–H and O–H groups in total. The molecule has 0 aromatic heterocycles. The predicted molar refractivity (Wildman–Crippen MR) is 103 cm³/mol. The Hall–Kier alpha value is -2.80.